The van der Waals surface area contributed by atoms with Crippen molar-refractivity contribution >= 4 is 5.91 Å². The van der Waals surface area contributed by atoms with E-state index in [0.717, 1.165) is 6.42 Å². The first-order chi connectivity index (χ1) is 20.4. The molecule has 0 radical (unpaired) electrons. The Bertz CT molecular complexity index is 851. The lowest BCUT2D eigenvalue weighted by Crippen LogP contribution is -2.66. The topological polar surface area (TPSA) is 321 Å². The molecule has 14 atom stereocenters. The first-order valence-corrected chi connectivity index (χ1v) is 14.7. The number of nitrogens with zero attached hydrogens (tertiary/aromatic N) is 1. The maximum Gasteiger partial charge on any atom is 0.246 e. The molecule has 0 bridgehead atoms. The van der Waals surface area contributed by atoms with Crippen LogP contribution in [-0.4, -0.2) is 161 Å². The third-order valence-electron chi connectivity index (χ3n) is 8.22. The highest BCUT2D eigenvalue weighted by Gasteiger charge is 2.51. The van der Waals surface area contributed by atoms with Gasteiger partial charge in [0.25, 0.3) is 0 Å². The lowest BCUT2D eigenvalue weighted by Gasteiger charge is -2.48. The number of nitrogens with one attached hydrogen (secondary N) is 1. The van der Waals surface area contributed by atoms with Gasteiger partial charge in [-0.25, -0.2) is 5.06 Å². The first kappa shape index (κ1) is 36.3. The van der Waals surface area contributed by atoms with Crippen molar-refractivity contribution in [2.75, 3.05) is 39.3 Å². The lowest BCUT2D eigenvalue weighted by molar-refractivity contribution is -0.320. The number of amides is 1. The molecule has 3 aliphatic rings. The van der Waals surface area contributed by atoms with Crippen molar-refractivity contribution < 1.29 is 54.5 Å². The normalized spacial score (nSPS) is 42.1. The molecule has 0 aromatic heterocycles. The number of aliphatic hydroxyl groups is 5. The third-order valence-corrected chi connectivity index (χ3v) is 8.22. The van der Waals surface area contributed by atoms with E-state index in [1.165, 1.54) is 0 Å². The fraction of sp³-hybridized carbons (Fsp3) is 0.960. The van der Waals surface area contributed by atoms with Crippen molar-refractivity contribution in [1.29, 1.82) is 0 Å². The van der Waals surface area contributed by atoms with Gasteiger partial charge in [-0.1, -0.05) is 0 Å². The summed E-state index contributed by atoms with van der Waals surface area (Å²) in [5.41, 5.74) is 29.5. The Balaban J connectivity index is 1.79. The monoisotopic (exact) mass is 625 g/mol. The highest BCUT2D eigenvalue weighted by atomic mass is 16.7. The Morgan fingerprint density at radius 2 is 1.56 bits per heavy atom. The van der Waals surface area contributed by atoms with Gasteiger partial charge in [-0.3, -0.25) is 10.0 Å². The Morgan fingerprint density at radius 3 is 2.21 bits per heavy atom. The van der Waals surface area contributed by atoms with Crippen molar-refractivity contribution in [2.24, 2.45) is 34.6 Å². The van der Waals surface area contributed by atoms with Crippen LogP contribution in [0.15, 0.2) is 0 Å². The number of carbonyl (C=O) groups excluding carboxylic acids is 1. The lowest BCUT2D eigenvalue weighted by atomic mass is 9.77. The van der Waals surface area contributed by atoms with Crippen molar-refractivity contribution in [3.8, 4) is 0 Å². The SMILES string of the molecule is NCCCNC[C@H]1O[C@H](O[C@H]2[C@H](O)[C@@H](O[C@H]3O[C@H](CO)[C@@H](O)[C@H](N)[C@H]3O)[C@H](CC(=O)N(O)CCN)C[C@@H]2N)[C@H](N)C[C@@H]1O. The van der Waals surface area contributed by atoms with Gasteiger partial charge >= 0.3 is 0 Å². The summed E-state index contributed by atoms with van der Waals surface area (Å²) < 4.78 is 23.6. The molecule has 3 fully saturated rings. The molecule has 2 saturated heterocycles. The molecule has 0 aromatic rings. The maximum atomic E-state index is 12.7. The van der Waals surface area contributed by atoms with Gasteiger partial charge in [0.2, 0.25) is 5.91 Å². The molecule has 1 amide bonds. The smallest absolute Gasteiger partial charge is 0.246 e. The average molecular weight is 626 g/mol. The minimum absolute atomic E-state index is 0.00956. The van der Waals surface area contributed by atoms with Crippen LogP contribution in [-0.2, 0) is 23.7 Å². The maximum absolute atomic E-state index is 12.7. The van der Waals surface area contributed by atoms with Crippen molar-refractivity contribution in [3.63, 3.8) is 0 Å². The average Bonchev–Trinajstić information content (AvgIpc) is 2.97. The summed E-state index contributed by atoms with van der Waals surface area (Å²) >= 11 is 0. The fourth-order valence-corrected chi connectivity index (χ4v) is 5.72. The molecule has 1 aliphatic carbocycles. The van der Waals surface area contributed by atoms with Crippen LogP contribution in [0.5, 0.6) is 0 Å². The number of hydrogen-bond donors (Lipinski definition) is 12. The van der Waals surface area contributed by atoms with Crippen LogP contribution < -0.4 is 34.0 Å². The second-order valence-electron chi connectivity index (χ2n) is 11.5. The zero-order chi connectivity index (χ0) is 31.8. The number of hydrogen-bond acceptors (Lipinski definition) is 17. The summed E-state index contributed by atoms with van der Waals surface area (Å²) in [4.78, 5) is 12.7. The van der Waals surface area contributed by atoms with Gasteiger partial charge in [0.05, 0.1) is 43.5 Å². The summed E-state index contributed by atoms with van der Waals surface area (Å²) in [6, 6.07) is -2.87. The van der Waals surface area contributed by atoms with E-state index in [0.29, 0.717) is 24.7 Å². The Labute approximate surface area is 250 Å². The highest BCUT2D eigenvalue weighted by molar-refractivity contribution is 5.75. The number of nitrogens with two attached hydrogens (primary N) is 5. The standard InChI is InChI=1S/C25H51N7O11/c26-2-1-4-31-9-15-14(34)8-13(29)24(40-15)43-23-12(28)6-11(7-17(35)32(39)5-3-27)22(21(23)38)42-25-20(37)18(30)19(36)16(10-33)41-25/h11-16,18-25,31,33-34,36-39H,1-10,26-30H2/t11-,12-,13+,14-,15+,16+,18-,19+,20+,21+,22-,23+,24+,25+/m0/s1. The Morgan fingerprint density at radius 1 is 0.884 bits per heavy atom. The van der Waals surface area contributed by atoms with E-state index in [9.17, 15) is 35.5 Å². The van der Waals surface area contributed by atoms with E-state index in [2.05, 4.69) is 5.32 Å². The number of rotatable bonds is 14. The van der Waals surface area contributed by atoms with E-state index in [-0.39, 0.29) is 32.4 Å². The minimum atomic E-state index is -1.56. The quantitative estimate of drug-likeness (QED) is 0.0485. The summed E-state index contributed by atoms with van der Waals surface area (Å²) in [7, 11) is 0. The number of aliphatic hydroxyl groups excluding tert-OH is 5. The van der Waals surface area contributed by atoms with Crippen molar-refractivity contribution in [2.45, 2.75) is 105 Å². The molecule has 3 rings (SSSR count). The van der Waals surface area contributed by atoms with Gasteiger partial charge in [-0.05, 0) is 38.3 Å². The van der Waals surface area contributed by atoms with Gasteiger partial charge in [-0.2, -0.15) is 0 Å². The zero-order valence-electron chi connectivity index (χ0n) is 24.2. The summed E-state index contributed by atoms with van der Waals surface area (Å²) in [6.45, 7) is 0.683. The second kappa shape index (κ2) is 16.9. The molecule has 2 aliphatic heterocycles. The van der Waals surface area contributed by atoms with Gasteiger partial charge in [-0.15, -0.1) is 0 Å². The summed E-state index contributed by atoms with van der Waals surface area (Å²) in [5, 5.41) is 66.2. The van der Waals surface area contributed by atoms with Crippen LogP contribution in [0.1, 0.15) is 25.7 Å². The molecular weight excluding hydrogens is 574 g/mol. The third kappa shape index (κ3) is 9.19. The van der Waals surface area contributed by atoms with Crippen molar-refractivity contribution in [1.82, 2.24) is 10.4 Å². The summed E-state index contributed by atoms with van der Waals surface area (Å²) in [5.74, 6) is -1.51. The van der Waals surface area contributed by atoms with E-state index in [1.54, 1.807) is 0 Å². The fourth-order valence-electron chi connectivity index (χ4n) is 5.72. The molecule has 1 saturated carbocycles. The highest BCUT2D eigenvalue weighted by Crippen LogP contribution is 2.36. The number of ether oxygens (including phenoxy) is 4. The summed E-state index contributed by atoms with van der Waals surface area (Å²) in [6.07, 6.45) is -11.6. The van der Waals surface area contributed by atoms with E-state index < -0.39 is 98.0 Å². The van der Waals surface area contributed by atoms with E-state index in [1.807, 2.05) is 0 Å². The molecule has 2 heterocycles. The van der Waals surface area contributed by atoms with Crippen LogP contribution in [0.25, 0.3) is 0 Å². The molecule has 0 spiro atoms. The number of hydroxylamine groups is 2. The predicted octanol–water partition coefficient (Wildman–Crippen LogP) is -6.46. The second-order valence-corrected chi connectivity index (χ2v) is 11.5. The molecular formula is C25H51N7O11. The van der Waals surface area contributed by atoms with Crippen LogP contribution in [0.3, 0.4) is 0 Å². The Kier molecular flexibility index (Phi) is 14.3. The van der Waals surface area contributed by atoms with Crippen LogP contribution in [0.2, 0.25) is 0 Å². The van der Waals surface area contributed by atoms with Gasteiger partial charge in [0, 0.05) is 25.6 Å². The molecule has 18 nitrogen and oxygen atoms in total. The van der Waals surface area contributed by atoms with Crippen LogP contribution in [0, 0.1) is 5.92 Å². The van der Waals surface area contributed by atoms with Crippen LogP contribution >= 0.6 is 0 Å². The molecule has 17 N–H and O–H groups in total. The predicted molar refractivity (Wildman–Crippen MR) is 149 cm³/mol. The molecule has 0 unspecified atom stereocenters. The number of carbonyl (C=O) groups is 1. The first-order valence-electron chi connectivity index (χ1n) is 14.7. The minimum Gasteiger partial charge on any atom is -0.394 e. The molecule has 18 heteroatoms. The van der Waals surface area contributed by atoms with Crippen LogP contribution in [0.4, 0.5) is 0 Å². The van der Waals surface area contributed by atoms with Gasteiger partial charge < -0.3 is 78.5 Å². The molecule has 252 valence electrons. The van der Waals surface area contributed by atoms with E-state index >= 15 is 0 Å². The largest absolute Gasteiger partial charge is 0.394 e. The van der Waals surface area contributed by atoms with Gasteiger partial charge in [0.15, 0.2) is 12.6 Å². The van der Waals surface area contributed by atoms with Crippen molar-refractivity contribution in [3.05, 3.63) is 0 Å². The zero-order valence-corrected chi connectivity index (χ0v) is 24.2. The molecule has 43 heavy (non-hydrogen) atoms. The Hall–Kier alpha value is -1.17. The molecule has 0 aromatic carbocycles. The van der Waals surface area contributed by atoms with E-state index in [4.69, 9.17) is 47.6 Å². The van der Waals surface area contributed by atoms with Gasteiger partial charge in [0.1, 0.15) is 30.5 Å².